The lowest BCUT2D eigenvalue weighted by molar-refractivity contribution is -0.118. The lowest BCUT2D eigenvalue weighted by atomic mass is 10.1. The number of rotatable bonds is 8. The highest BCUT2D eigenvalue weighted by Gasteiger charge is 2.19. The summed E-state index contributed by atoms with van der Waals surface area (Å²) in [6, 6.07) is 26.3. The molecule has 0 bridgehead atoms. The second-order valence-corrected chi connectivity index (χ2v) is 10.3. The van der Waals surface area contributed by atoms with Gasteiger partial charge in [-0.15, -0.1) is 11.3 Å². The van der Waals surface area contributed by atoms with E-state index in [0.29, 0.717) is 33.1 Å². The van der Waals surface area contributed by atoms with Crippen molar-refractivity contribution in [3.8, 4) is 10.4 Å². The quantitative estimate of drug-likeness (QED) is 0.273. The van der Waals surface area contributed by atoms with Crippen molar-refractivity contribution in [2.75, 3.05) is 17.3 Å². The molecule has 5 rings (SSSR count). The summed E-state index contributed by atoms with van der Waals surface area (Å²) in [6.07, 6.45) is 0.0823. The van der Waals surface area contributed by atoms with E-state index in [-0.39, 0.29) is 24.8 Å². The highest BCUT2D eigenvalue weighted by molar-refractivity contribution is 7.17. The van der Waals surface area contributed by atoms with Crippen molar-refractivity contribution >= 4 is 51.7 Å². The zero-order valence-electron chi connectivity index (χ0n) is 21.5. The molecule has 0 atom stereocenters. The Balaban J connectivity index is 1.44. The molecule has 0 aliphatic rings. The van der Waals surface area contributed by atoms with Gasteiger partial charge < -0.3 is 15.2 Å². The summed E-state index contributed by atoms with van der Waals surface area (Å²) in [7, 11) is 1.70. The average Bonchev–Trinajstić information content (AvgIpc) is 3.56. The molecule has 0 unspecified atom stereocenters. The number of carbonyl (C=O) groups excluding carboxylic acids is 3. The Morgan fingerprint density at radius 3 is 2.51 bits per heavy atom. The number of primary amides is 1. The molecule has 0 radical (unpaired) electrons. The highest BCUT2D eigenvalue weighted by atomic mass is 32.1. The Hall–Kier alpha value is -4.76. The third-order valence-corrected chi connectivity index (χ3v) is 7.52. The van der Waals surface area contributed by atoms with Crippen molar-refractivity contribution in [3.63, 3.8) is 0 Å². The van der Waals surface area contributed by atoms with Crippen LogP contribution in [-0.4, -0.2) is 34.3 Å². The third-order valence-electron chi connectivity index (χ3n) is 6.38. The summed E-state index contributed by atoms with van der Waals surface area (Å²) in [4.78, 5) is 45.5. The van der Waals surface area contributed by atoms with Gasteiger partial charge in [-0.3, -0.25) is 19.7 Å². The van der Waals surface area contributed by atoms with Crippen molar-refractivity contribution in [2.24, 2.45) is 5.73 Å². The van der Waals surface area contributed by atoms with Gasteiger partial charge in [-0.25, -0.2) is 4.98 Å². The zero-order valence-corrected chi connectivity index (χ0v) is 22.4. The van der Waals surface area contributed by atoms with Crippen LogP contribution < -0.4 is 16.0 Å². The first kappa shape index (κ1) is 25.9. The number of fused-ring (bicyclic) bond motifs is 1. The number of hydrogen-bond acceptors (Lipinski definition) is 5. The number of thiophene rings is 1. The maximum Gasteiger partial charge on any atom is 0.268 e. The van der Waals surface area contributed by atoms with Gasteiger partial charge in [0.15, 0.2) is 0 Å². The predicted molar refractivity (Wildman–Crippen MR) is 155 cm³/mol. The maximum atomic E-state index is 13.2. The zero-order chi connectivity index (χ0) is 27.5. The van der Waals surface area contributed by atoms with Crippen molar-refractivity contribution in [1.29, 1.82) is 0 Å². The number of nitrogens with two attached hydrogens (primary N) is 1. The normalized spacial score (nSPS) is 10.9. The molecule has 9 heteroatoms. The van der Waals surface area contributed by atoms with Crippen LogP contribution in [0.4, 0.5) is 11.6 Å². The molecule has 3 amide bonds. The highest BCUT2D eigenvalue weighted by Crippen LogP contribution is 2.30. The molecule has 0 aliphatic carbocycles. The number of carbonyl (C=O) groups is 3. The number of hydrogen-bond donors (Lipinski definition) is 2. The van der Waals surface area contributed by atoms with Gasteiger partial charge >= 0.3 is 0 Å². The van der Waals surface area contributed by atoms with Gasteiger partial charge in [0, 0.05) is 36.1 Å². The van der Waals surface area contributed by atoms with Crippen LogP contribution in [0.2, 0.25) is 0 Å². The van der Waals surface area contributed by atoms with E-state index in [2.05, 4.69) is 16.4 Å². The van der Waals surface area contributed by atoms with Crippen molar-refractivity contribution in [2.45, 2.75) is 19.9 Å². The second-order valence-electron chi connectivity index (χ2n) is 9.19. The molecule has 2 heterocycles. The molecule has 0 aliphatic heterocycles. The van der Waals surface area contributed by atoms with Crippen LogP contribution in [0.5, 0.6) is 0 Å². The number of nitrogens with one attached hydrogen (secondary N) is 1. The van der Waals surface area contributed by atoms with Crippen LogP contribution in [0.3, 0.4) is 0 Å². The first-order valence-electron chi connectivity index (χ1n) is 12.4. The molecule has 3 aromatic carbocycles. The van der Waals surface area contributed by atoms with E-state index >= 15 is 0 Å². The molecule has 5 aromatic rings. The van der Waals surface area contributed by atoms with Gasteiger partial charge in [-0.2, -0.15) is 0 Å². The molecular weight excluding hydrogens is 510 g/mol. The lowest BCUT2D eigenvalue weighted by Crippen LogP contribution is -2.26. The van der Waals surface area contributed by atoms with Crippen LogP contribution >= 0.6 is 11.3 Å². The van der Waals surface area contributed by atoms with Crippen LogP contribution in [-0.2, 0) is 11.3 Å². The van der Waals surface area contributed by atoms with Gasteiger partial charge in [0.05, 0.1) is 15.9 Å². The Kier molecular flexibility index (Phi) is 7.25. The van der Waals surface area contributed by atoms with Gasteiger partial charge in [-0.1, -0.05) is 48.0 Å². The number of nitrogens with zero attached hydrogens (tertiary/aromatic N) is 3. The number of imidazole rings is 1. The number of benzene rings is 3. The van der Waals surface area contributed by atoms with Gasteiger partial charge in [-0.05, 0) is 55.0 Å². The summed E-state index contributed by atoms with van der Waals surface area (Å²) in [5.74, 6) is -0.610. The predicted octanol–water partition coefficient (Wildman–Crippen LogP) is 5.48. The minimum atomic E-state index is -0.458. The number of anilines is 2. The molecule has 3 N–H and O–H groups in total. The van der Waals surface area contributed by atoms with Crippen LogP contribution in [0.15, 0.2) is 84.9 Å². The molecule has 39 heavy (non-hydrogen) atoms. The second kappa shape index (κ2) is 10.9. The van der Waals surface area contributed by atoms with E-state index in [1.54, 1.807) is 40.8 Å². The smallest absolute Gasteiger partial charge is 0.268 e. The summed E-state index contributed by atoms with van der Waals surface area (Å²) < 4.78 is 1.76. The minimum Gasteiger partial charge on any atom is -0.370 e. The fraction of sp³-hybridized carbons (Fsp3) is 0.133. The summed E-state index contributed by atoms with van der Waals surface area (Å²) >= 11 is 1.39. The fourth-order valence-corrected chi connectivity index (χ4v) is 5.24. The van der Waals surface area contributed by atoms with Crippen LogP contribution in [0, 0.1) is 6.92 Å². The summed E-state index contributed by atoms with van der Waals surface area (Å²) in [5.41, 5.74) is 10.1. The van der Waals surface area contributed by atoms with Crippen molar-refractivity contribution in [1.82, 2.24) is 9.55 Å². The molecule has 0 spiro atoms. The SMILES string of the molecule is Cc1cccc(-c2ccc(C(=O)Nc3nc4cc(N(C)C(=O)c5ccccc5)ccc4n3CCC(N)=O)s2)c1. The largest absolute Gasteiger partial charge is 0.370 e. The van der Waals surface area contributed by atoms with Crippen molar-refractivity contribution in [3.05, 3.63) is 101 Å². The first-order valence-corrected chi connectivity index (χ1v) is 13.2. The van der Waals surface area contributed by atoms with E-state index < -0.39 is 5.91 Å². The fourth-order valence-electron chi connectivity index (χ4n) is 4.34. The molecule has 0 saturated heterocycles. The standard InChI is InChI=1S/C30H27N5O3S/c1-19-7-6-10-21(17-19)25-13-14-26(39-25)28(37)33-30-32-23-18-22(11-12-24(23)35(30)16-15-27(31)36)34(2)29(38)20-8-4-3-5-9-20/h3-14,17-18H,15-16H2,1-2H3,(H2,31,36)(H,32,33,37). The van der Waals surface area contributed by atoms with E-state index in [1.165, 1.54) is 11.3 Å². The molecule has 8 nitrogen and oxygen atoms in total. The number of aryl methyl sites for hydroxylation is 2. The van der Waals surface area contributed by atoms with Crippen LogP contribution in [0.1, 0.15) is 32.0 Å². The Morgan fingerprint density at radius 2 is 1.77 bits per heavy atom. The topological polar surface area (TPSA) is 110 Å². The lowest BCUT2D eigenvalue weighted by Gasteiger charge is -2.17. The van der Waals surface area contributed by atoms with E-state index in [4.69, 9.17) is 5.73 Å². The minimum absolute atomic E-state index is 0.0823. The maximum absolute atomic E-state index is 13.2. The van der Waals surface area contributed by atoms with Gasteiger partial charge in [0.25, 0.3) is 11.8 Å². The first-order chi connectivity index (χ1) is 18.8. The number of aromatic nitrogens is 2. The average molecular weight is 538 g/mol. The molecule has 0 fully saturated rings. The van der Waals surface area contributed by atoms with E-state index in [0.717, 1.165) is 16.0 Å². The molecular formula is C30H27N5O3S. The third kappa shape index (κ3) is 5.58. The van der Waals surface area contributed by atoms with Gasteiger partial charge in [0.1, 0.15) is 0 Å². The summed E-state index contributed by atoms with van der Waals surface area (Å²) in [6.45, 7) is 2.28. The molecule has 2 aromatic heterocycles. The Morgan fingerprint density at radius 1 is 0.974 bits per heavy atom. The Bertz CT molecular complexity index is 1690. The van der Waals surface area contributed by atoms with Crippen LogP contribution in [0.25, 0.3) is 21.5 Å². The van der Waals surface area contributed by atoms with E-state index in [1.807, 2.05) is 61.5 Å². The Labute approximate surface area is 229 Å². The van der Waals surface area contributed by atoms with Crippen molar-refractivity contribution < 1.29 is 14.4 Å². The number of amides is 3. The van der Waals surface area contributed by atoms with E-state index in [9.17, 15) is 14.4 Å². The molecule has 0 saturated carbocycles. The monoisotopic (exact) mass is 537 g/mol. The van der Waals surface area contributed by atoms with Gasteiger partial charge in [0.2, 0.25) is 11.9 Å². The summed E-state index contributed by atoms with van der Waals surface area (Å²) in [5, 5.41) is 2.90. The molecule has 196 valence electrons.